The van der Waals surface area contributed by atoms with Crippen molar-refractivity contribution in [2.24, 2.45) is 5.10 Å². The Morgan fingerprint density at radius 3 is 2.61 bits per heavy atom. The number of hydrogen-bond donors (Lipinski definition) is 2. The second-order valence-electron chi connectivity index (χ2n) is 4.54. The zero-order chi connectivity index (χ0) is 16.3. The zero-order valence-corrected chi connectivity index (χ0v) is 12.3. The summed E-state index contributed by atoms with van der Waals surface area (Å²) in [6.07, 6.45) is 7.79. The van der Waals surface area contributed by atoms with Gasteiger partial charge in [-0.3, -0.25) is 14.6 Å². The molecule has 0 saturated carbocycles. The number of carbonyl (C=O) groups is 2. The Kier molecular flexibility index (Phi) is 6.22. The number of nitrogens with one attached hydrogen (secondary N) is 2. The minimum Gasteiger partial charge on any atom is -0.343 e. The van der Waals surface area contributed by atoms with Crippen molar-refractivity contribution in [3.63, 3.8) is 0 Å². The lowest BCUT2D eigenvalue weighted by Crippen LogP contribution is -2.34. The Morgan fingerprint density at radius 2 is 1.87 bits per heavy atom. The first-order valence-corrected chi connectivity index (χ1v) is 6.97. The average Bonchev–Trinajstić information content (AvgIpc) is 2.60. The van der Waals surface area contributed by atoms with Crippen molar-refractivity contribution in [1.29, 1.82) is 0 Å². The van der Waals surface area contributed by atoms with E-state index >= 15 is 0 Å². The fourth-order valence-electron chi connectivity index (χ4n) is 1.63. The molecule has 0 radical (unpaired) electrons. The smallest absolute Gasteiger partial charge is 0.259 e. The summed E-state index contributed by atoms with van der Waals surface area (Å²) < 4.78 is 0. The SMILES string of the molecule is O=C(/C=C/c1ccccc1)NCC(=O)N/N=C/c1cccnc1. The Labute approximate surface area is 133 Å². The first-order valence-electron chi connectivity index (χ1n) is 6.97. The lowest BCUT2D eigenvalue weighted by atomic mass is 10.2. The summed E-state index contributed by atoms with van der Waals surface area (Å²) in [5, 5.41) is 6.26. The van der Waals surface area contributed by atoms with Crippen molar-refractivity contribution < 1.29 is 9.59 Å². The van der Waals surface area contributed by atoms with Gasteiger partial charge >= 0.3 is 0 Å². The molecule has 0 aliphatic rings. The number of carbonyl (C=O) groups excluding carboxylic acids is 2. The summed E-state index contributed by atoms with van der Waals surface area (Å²) >= 11 is 0. The maximum absolute atomic E-state index is 11.6. The van der Waals surface area contributed by atoms with Crippen LogP contribution in [0.1, 0.15) is 11.1 Å². The molecule has 1 aromatic carbocycles. The van der Waals surface area contributed by atoms with Crippen LogP contribution in [0.5, 0.6) is 0 Å². The van der Waals surface area contributed by atoms with Gasteiger partial charge in [-0.1, -0.05) is 36.4 Å². The van der Waals surface area contributed by atoms with Crippen LogP contribution >= 0.6 is 0 Å². The molecule has 116 valence electrons. The molecular weight excluding hydrogens is 292 g/mol. The first kappa shape index (κ1) is 16.1. The summed E-state index contributed by atoms with van der Waals surface area (Å²) in [4.78, 5) is 27.0. The molecule has 6 heteroatoms. The van der Waals surface area contributed by atoms with Crippen molar-refractivity contribution in [3.05, 3.63) is 72.1 Å². The van der Waals surface area contributed by atoms with Gasteiger partial charge in [0.1, 0.15) is 0 Å². The van der Waals surface area contributed by atoms with E-state index in [9.17, 15) is 9.59 Å². The Balaban J connectivity index is 1.71. The van der Waals surface area contributed by atoms with Gasteiger partial charge in [0.25, 0.3) is 5.91 Å². The quantitative estimate of drug-likeness (QED) is 0.480. The summed E-state index contributed by atoms with van der Waals surface area (Å²) in [7, 11) is 0. The van der Waals surface area contributed by atoms with Gasteiger partial charge in [-0.05, 0) is 17.7 Å². The highest BCUT2D eigenvalue weighted by atomic mass is 16.2. The fraction of sp³-hybridized carbons (Fsp3) is 0.0588. The van der Waals surface area contributed by atoms with Crippen molar-refractivity contribution in [2.45, 2.75) is 0 Å². The maximum Gasteiger partial charge on any atom is 0.259 e. The highest BCUT2D eigenvalue weighted by molar-refractivity contribution is 5.94. The van der Waals surface area contributed by atoms with Crippen molar-refractivity contribution in [2.75, 3.05) is 6.54 Å². The molecule has 0 fully saturated rings. The van der Waals surface area contributed by atoms with Crippen LogP contribution in [-0.2, 0) is 9.59 Å². The predicted octanol–water partition coefficient (Wildman–Crippen LogP) is 1.36. The van der Waals surface area contributed by atoms with E-state index in [1.54, 1.807) is 30.6 Å². The number of benzene rings is 1. The van der Waals surface area contributed by atoms with Gasteiger partial charge in [0.2, 0.25) is 5.91 Å². The number of nitrogens with zero attached hydrogens (tertiary/aromatic N) is 2. The number of hydrazone groups is 1. The van der Waals surface area contributed by atoms with E-state index in [-0.39, 0.29) is 12.5 Å². The van der Waals surface area contributed by atoms with E-state index in [1.165, 1.54) is 12.3 Å². The standard InChI is InChI=1S/C17H16N4O2/c22-16(9-8-14-5-2-1-3-6-14)19-13-17(23)21-20-12-15-7-4-10-18-11-15/h1-12H,13H2,(H,19,22)(H,21,23)/b9-8+,20-12+. The van der Waals surface area contributed by atoms with Crippen molar-refractivity contribution in [1.82, 2.24) is 15.7 Å². The number of hydrogen-bond acceptors (Lipinski definition) is 4. The normalized spacial score (nSPS) is 10.8. The van der Waals surface area contributed by atoms with Crippen LogP contribution in [0.4, 0.5) is 0 Å². The lowest BCUT2D eigenvalue weighted by molar-refractivity contribution is -0.123. The van der Waals surface area contributed by atoms with Crippen molar-refractivity contribution >= 4 is 24.1 Å². The number of pyridine rings is 1. The predicted molar refractivity (Wildman–Crippen MR) is 88.5 cm³/mol. The fourth-order valence-corrected chi connectivity index (χ4v) is 1.63. The number of rotatable bonds is 6. The molecule has 0 saturated heterocycles. The second-order valence-corrected chi connectivity index (χ2v) is 4.54. The molecule has 0 atom stereocenters. The molecule has 0 bridgehead atoms. The van der Waals surface area contributed by atoms with Crippen LogP contribution in [-0.4, -0.2) is 29.6 Å². The maximum atomic E-state index is 11.6. The van der Waals surface area contributed by atoms with E-state index < -0.39 is 5.91 Å². The molecule has 0 unspecified atom stereocenters. The first-order chi connectivity index (χ1) is 11.2. The van der Waals surface area contributed by atoms with Gasteiger partial charge < -0.3 is 5.32 Å². The Morgan fingerprint density at radius 1 is 1.09 bits per heavy atom. The lowest BCUT2D eigenvalue weighted by Gasteiger charge is -2.00. The van der Waals surface area contributed by atoms with Gasteiger partial charge in [-0.2, -0.15) is 5.10 Å². The van der Waals surface area contributed by atoms with Crippen LogP contribution in [0, 0.1) is 0 Å². The van der Waals surface area contributed by atoms with Gasteiger partial charge in [0, 0.05) is 24.0 Å². The third-order valence-corrected chi connectivity index (χ3v) is 2.74. The van der Waals surface area contributed by atoms with Gasteiger partial charge in [0.15, 0.2) is 0 Å². The molecule has 1 aromatic heterocycles. The monoisotopic (exact) mass is 308 g/mol. The molecule has 2 amide bonds. The van der Waals surface area contributed by atoms with Crippen LogP contribution in [0.25, 0.3) is 6.08 Å². The van der Waals surface area contributed by atoms with E-state index in [2.05, 4.69) is 20.8 Å². The number of amides is 2. The van der Waals surface area contributed by atoms with Gasteiger partial charge in [-0.15, -0.1) is 0 Å². The summed E-state index contributed by atoms with van der Waals surface area (Å²) in [5.41, 5.74) is 4.00. The van der Waals surface area contributed by atoms with Gasteiger partial charge in [-0.25, -0.2) is 5.43 Å². The molecule has 2 aromatic rings. The Bertz CT molecular complexity index is 697. The molecule has 6 nitrogen and oxygen atoms in total. The minimum absolute atomic E-state index is 0.150. The van der Waals surface area contributed by atoms with E-state index in [4.69, 9.17) is 0 Å². The molecule has 0 aliphatic heterocycles. The molecular formula is C17H16N4O2. The summed E-state index contributed by atoms with van der Waals surface area (Å²) in [6.45, 7) is -0.150. The van der Waals surface area contributed by atoms with Crippen LogP contribution in [0.15, 0.2) is 66.0 Å². The third-order valence-electron chi connectivity index (χ3n) is 2.74. The Hall–Kier alpha value is -3.28. The summed E-state index contributed by atoms with van der Waals surface area (Å²) in [5.74, 6) is -0.758. The third kappa shape index (κ3) is 6.34. The topological polar surface area (TPSA) is 83.5 Å². The highest BCUT2D eigenvalue weighted by Gasteiger charge is 2.01. The molecule has 2 N–H and O–H groups in total. The molecule has 0 aliphatic carbocycles. The molecule has 2 rings (SSSR count). The van der Waals surface area contributed by atoms with E-state index in [0.29, 0.717) is 0 Å². The van der Waals surface area contributed by atoms with Crippen LogP contribution in [0.2, 0.25) is 0 Å². The van der Waals surface area contributed by atoms with Gasteiger partial charge in [0.05, 0.1) is 12.8 Å². The number of aromatic nitrogens is 1. The molecule has 1 heterocycles. The average molecular weight is 308 g/mol. The largest absolute Gasteiger partial charge is 0.343 e. The summed E-state index contributed by atoms with van der Waals surface area (Å²) in [6, 6.07) is 13.0. The van der Waals surface area contributed by atoms with E-state index in [0.717, 1.165) is 11.1 Å². The van der Waals surface area contributed by atoms with Crippen LogP contribution < -0.4 is 10.7 Å². The van der Waals surface area contributed by atoms with E-state index in [1.807, 2.05) is 30.3 Å². The second kappa shape index (κ2) is 8.89. The van der Waals surface area contributed by atoms with Crippen molar-refractivity contribution in [3.8, 4) is 0 Å². The zero-order valence-electron chi connectivity index (χ0n) is 12.3. The molecule has 0 spiro atoms. The highest BCUT2D eigenvalue weighted by Crippen LogP contribution is 2.00. The minimum atomic E-state index is -0.411. The van der Waals surface area contributed by atoms with Crippen LogP contribution in [0.3, 0.4) is 0 Å². The molecule has 23 heavy (non-hydrogen) atoms.